The molecule has 0 spiro atoms. The SMILES string of the molecule is Nc1nc(OCc2ccccc2)c2ncn([C@H]3CCC(COCc4ccccc4)[C@@]3(O)CO)c2n1. The van der Waals surface area contributed by atoms with E-state index in [4.69, 9.17) is 15.2 Å². The first-order chi connectivity index (χ1) is 17.1. The number of aliphatic hydroxyl groups is 2. The Balaban J connectivity index is 1.35. The fourth-order valence-corrected chi connectivity index (χ4v) is 4.83. The van der Waals surface area contributed by atoms with Gasteiger partial charge in [-0.1, -0.05) is 60.7 Å². The van der Waals surface area contributed by atoms with E-state index in [1.807, 2.05) is 60.7 Å². The van der Waals surface area contributed by atoms with Crippen LogP contribution in [0.15, 0.2) is 67.0 Å². The summed E-state index contributed by atoms with van der Waals surface area (Å²) in [4.78, 5) is 13.1. The van der Waals surface area contributed by atoms with Gasteiger partial charge in [0.15, 0.2) is 11.2 Å². The summed E-state index contributed by atoms with van der Waals surface area (Å²) in [5, 5.41) is 21.8. The largest absolute Gasteiger partial charge is 0.471 e. The molecule has 3 atom stereocenters. The molecule has 1 aliphatic rings. The Morgan fingerprint density at radius 2 is 1.66 bits per heavy atom. The number of hydrogen-bond acceptors (Lipinski definition) is 8. The van der Waals surface area contributed by atoms with Crippen molar-refractivity contribution in [3.05, 3.63) is 78.1 Å². The summed E-state index contributed by atoms with van der Waals surface area (Å²) in [6, 6.07) is 19.2. The zero-order valence-electron chi connectivity index (χ0n) is 19.3. The van der Waals surface area contributed by atoms with Crippen LogP contribution in [0, 0.1) is 5.92 Å². The first kappa shape index (κ1) is 23.2. The lowest BCUT2D eigenvalue weighted by molar-refractivity contribution is -0.0934. The summed E-state index contributed by atoms with van der Waals surface area (Å²) >= 11 is 0. The Labute approximate surface area is 203 Å². The second kappa shape index (κ2) is 9.99. The van der Waals surface area contributed by atoms with Crippen molar-refractivity contribution in [1.29, 1.82) is 0 Å². The third-order valence-electron chi connectivity index (χ3n) is 6.72. The molecule has 0 bridgehead atoms. The van der Waals surface area contributed by atoms with Gasteiger partial charge in [-0.2, -0.15) is 9.97 Å². The van der Waals surface area contributed by atoms with E-state index in [1.54, 1.807) is 10.9 Å². The zero-order valence-corrected chi connectivity index (χ0v) is 19.3. The van der Waals surface area contributed by atoms with E-state index in [1.165, 1.54) is 0 Å². The fourth-order valence-electron chi connectivity index (χ4n) is 4.83. The second-order valence-corrected chi connectivity index (χ2v) is 8.93. The number of benzene rings is 2. The molecular weight excluding hydrogens is 446 g/mol. The summed E-state index contributed by atoms with van der Waals surface area (Å²) in [6.45, 7) is 0.680. The van der Waals surface area contributed by atoms with E-state index >= 15 is 0 Å². The first-order valence-electron chi connectivity index (χ1n) is 11.7. The van der Waals surface area contributed by atoms with Crippen LogP contribution in [0.3, 0.4) is 0 Å². The van der Waals surface area contributed by atoms with E-state index < -0.39 is 18.2 Å². The number of ether oxygens (including phenoxy) is 2. The van der Waals surface area contributed by atoms with Gasteiger partial charge in [0.05, 0.1) is 32.2 Å². The molecule has 182 valence electrons. The van der Waals surface area contributed by atoms with Crippen LogP contribution in [0.4, 0.5) is 5.95 Å². The van der Waals surface area contributed by atoms with Crippen molar-refractivity contribution in [2.75, 3.05) is 18.9 Å². The normalized spacial score (nSPS) is 22.0. The highest BCUT2D eigenvalue weighted by Crippen LogP contribution is 2.45. The van der Waals surface area contributed by atoms with Crippen LogP contribution in [0.5, 0.6) is 5.88 Å². The Hall–Kier alpha value is -3.53. The third kappa shape index (κ3) is 4.70. The van der Waals surface area contributed by atoms with Gasteiger partial charge in [-0.25, -0.2) is 4.98 Å². The molecule has 1 unspecified atom stereocenters. The van der Waals surface area contributed by atoms with Crippen LogP contribution in [-0.2, 0) is 18.0 Å². The van der Waals surface area contributed by atoms with Crippen molar-refractivity contribution in [2.45, 2.75) is 37.7 Å². The quantitative estimate of drug-likeness (QED) is 0.337. The maximum atomic E-state index is 11.6. The molecule has 1 aliphatic carbocycles. The Kier molecular flexibility index (Phi) is 6.63. The molecule has 0 radical (unpaired) electrons. The number of nitrogens with two attached hydrogens (primary N) is 1. The molecule has 9 heteroatoms. The number of aliphatic hydroxyl groups excluding tert-OH is 1. The molecule has 2 aromatic heterocycles. The number of rotatable bonds is 9. The molecule has 35 heavy (non-hydrogen) atoms. The van der Waals surface area contributed by atoms with Gasteiger partial charge in [0.1, 0.15) is 12.2 Å². The van der Waals surface area contributed by atoms with Crippen molar-refractivity contribution < 1.29 is 19.7 Å². The lowest BCUT2D eigenvalue weighted by Crippen LogP contribution is -2.46. The Morgan fingerprint density at radius 1 is 0.971 bits per heavy atom. The third-order valence-corrected chi connectivity index (χ3v) is 6.72. The van der Waals surface area contributed by atoms with Crippen molar-refractivity contribution >= 4 is 17.1 Å². The van der Waals surface area contributed by atoms with Crippen LogP contribution >= 0.6 is 0 Å². The van der Waals surface area contributed by atoms with Crippen molar-refractivity contribution in [3.8, 4) is 5.88 Å². The monoisotopic (exact) mass is 475 g/mol. The highest BCUT2D eigenvalue weighted by molar-refractivity contribution is 5.77. The minimum Gasteiger partial charge on any atom is -0.471 e. The average molecular weight is 476 g/mol. The number of anilines is 1. The minimum atomic E-state index is -1.39. The number of fused-ring (bicyclic) bond motifs is 1. The van der Waals surface area contributed by atoms with E-state index in [-0.39, 0.29) is 17.7 Å². The molecule has 4 aromatic rings. The van der Waals surface area contributed by atoms with Gasteiger partial charge in [0.2, 0.25) is 11.8 Å². The Morgan fingerprint density at radius 3 is 2.34 bits per heavy atom. The average Bonchev–Trinajstić information content (AvgIpc) is 3.44. The fraction of sp³-hybridized carbons (Fsp3) is 0.346. The molecular formula is C26H29N5O4. The zero-order chi connectivity index (χ0) is 24.3. The van der Waals surface area contributed by atoms with Crippen LogP contribution in [0.25, 0.3) is 11.2 Å². The van der Waals surface area contributed by atoms with Gasteiger partial charge >= 0.3 is 0 Å². The summed E-state index contributed by atoms with van der Waals surface area (Å²) in [5.41, 5.74) is 7.57. The molecule has 2 heterocycles. The molecule has 9 nitrogen and oxygen atoms in total. The van der Waals surface area contributed by atoms with E-state index in [2.05, 4.69) is 15.0 Å². The lowest BCUT2D eigenvalue weighted by Gasteiger charge is -2.34. The maximum absolute atomic E-state index is 11.6. The molecule has 1 fully saturated rings. The number of hydrogen-bond donors (Lipinski definition) is 3. The summed E-state index contributed by atoms with van der Waals surface area (Å²) < 4.78 is 13.6. The molecule has 0 aliphatic heterocycles. The van der Waals surface area contributed by atoms with Gasteiger partial charge in [-0.15, -0.1) is 0 Å². The molecule has 0 saturated heterocycles. The predicted octanol–water partition coefficient (Wildman–Crippen LogP) is 2.88. The molecule has 1 saturated carbocycles. The maximum Gasteiger partial charge on any atom is 0.247 e. The lowest BCUT2D eigenvalue weighted by atomic mass is 9.89. The molecule has 0 amide bonds. The van der Waals surface area contributed by atoms with Crippen LogP contribution in [0.2, 0.25) is 0 Å². The van der Waals surface area contributed by atoms with Crippen LogP contribution in [0.1, 0.15) is 30.0 Å². The van der Waals surface area contributed by atoms with E-state index in [0.29, 0.717) is 43.8 Å². The highest BCUT2D eigenvalue weighted by atomic mass is 16.5. The molecule has 4 N–H and O–H groups in total. The smallest absolute Gasteiger partial charge is 0.247 e. The van der Waals surface area contributed by atoms with Gasteiger partial charge in [0, 0.05) is 5.92 Å². The summed E-state index contributed by atoms with van der Waals surface area (Å²) in [6.07, 6.45) is 2.92. The summed E-state index contributed by atoms with van der Waals surface area (Å²) in [7, 11) is 0. The van der Waals surface area contributed by atoms with Crippen molar-refractivity contribution in [1.82, 2.24) is 19.5 Å². The highest BCUT2D eigenvalue weighted by Gasteiger charge is 2.50. The molecule has 5 rings (SSSR count). The van der Waals surface area contributed by atoms with E-state index in [9.17, 15) is 10.2 Å². The first-order valence-corrected chi connectivity index (χ1v) is 11.7. The van der Waals surface area contributed by atoms with Gasteiger partial charge < -0.3 is 30.0 Å². The van der Waals surface area contributed by atoms with Crippen molar-refractivity contribution in [3.63, 3.8) is 0 Å². The standard InChI is InChI=1S/C26H29N5O4/c27-25-29-23-22(24(30-25)35-14-19-9-5-2-6-10-19)28-17-31(23)21-12-11-20(26(21,33)16-32)15-34-13-18-7-3-1-4-8-18/h1-10,17,20-21,32-33H,11-16H2,(H2,27,29,30)/t20?,21-,26-/m0/s1. The number of nitrogens with zero attached hydrogens (tertiary/aromatic N) is 4. The van der Waals surface area contributed by atoms with Gasteiger partial charge in [0.25, 0.3) is 0 Å². The van der Waals surface area contributed by atoms with Gasteiger partial charge in [-0.05, 0) is 24.0 Å². The minimum absolute atomic E-state index is 0.0515. The van der Waals surface area contributed by atoms with Crippen LogP contribution in [-0.4, -0.2) is 48.5 Å². The van der Waals surface area contributed by atoms with Crippen LogP contribution < -0.4 is 10.5 Å². The van der Waals surface area contributed by atoms with Gasteiger partial charge in [-0.3, -0.25) is 0 Å². The Bertz CT molecular complexity index is 1270. The molecule has 2 aromatic carbocycles. The second-order valence-electron chi connectivity index (χ2n) is 8.93. The van der Waals surface area contributed by atoms with Crippen molar-refractivity contribution in [2.24, 2.45) is 5.92 Å². The van der Waals surface area contributed by atoms with E-state index in [0.717, 1.165) is 11.1 Å². The summed E-state index contributed by atoms with van der Waals surface area (Å²) in [5.74, 6) is 0.0885. The number of imidazole rings is 1. The topological polar surface area (TPSA) is 129 Å². The predicted molar refractivity (Wildman–Crippen MR) is 130 cm³/mol. The number of nitrogen functional groups attached to an aromatic ring is 1. The number of aromatic nitrogens is 4.